The lowest BCUT2D eigenvalue weighted by atomic mass is 9.96. The average Bonchev–Trinajstić information content (AvgIpc) is 2.00. The maximum Gasteiger partial charge on any atom is 0.0589 e. The van der Waals surface area contributed by atoms with Crippen LogP contribution in [0, 0.1) is 5.41 Å². The molecule has 0 heterocycles. The van der Waals surface area contributed by atoms with E-state index in [0.717, 1.165) is 25.0 Å². The van der Waals surface area contributed by atoms with Crippen molar-refractivity contribution in [2.24, 2.45) is 5.41 Å². The van der Waals surface area contributed by atoms with Crippen molar-refractivity contribution in [1.82, 2.24) is 4.90 Å². The van der Waals surface area contributed by atoms with E-state index in [4.69, 9.17) is 4.74 Å². The highest BCUT2D eigenvalue weighted by molar-refractivity contribution is 9.09. The van der Waals surface area contributed by atoms with Gasteiger partial charge in [-0.3, -0.25) is 0 Å². The zero-order chi connectivity index (χ0) is 9.61. The molecule has 0 aromatic heterocycles. The molecular formula is C9H20BrNO. The fraction of sp³-hybridized carbons (Fsp3) is 1.00. The van der Waals surface area contributed by atoms with Crippen LogP contribution >= 0.6 is 15.9 Å². The van der Waals surface area contributed by atoms with Crippen LogP contribution in [-0.4, -0.2) is 44.1 Å². The number of methoxy groups -OCH3 is 1. The minimum absolute atomic E-state index is 0.350. The Labute approximate surface area is 84.4 Å². The lowest BCUT2D eigenvalue weighted by molar-refractivity contribution is 0.142. The van der Waals surface area contributed by atoms with Crippen LogP contribution in [0.4, 0.5) is 0 Å². The Morgan fingerprint density at radius 1 is 1.42 bits per heavy atom. The Morgan fingerprint density at radius 2 is 2.00 bits per heavy atom. The van der Waals surface area contributed by atoms with E-state index >= 15 is 0 Å². The number of likely N-dealkylation sites (N-methyl/N-ethyl adjacent to an activating group) is 1. The lowest BCUT2D eigenvalue weighted by Gasteiger charge is -2.28. The molecule has 0 aromatic carbocycles. The number of ether oxygens (including phenoxy) is 1. The second kappa shape index (κ2) is 5.95. The van der Waals surface area contributed by atoms with Gasteiger partial charge in [0.1, 0.15) is 0 Å². The summed E-state index contributed by atoms with van der Waals surface area (Å²) >= 11 is 3.51. The molecule has 0 atom stereocenters. The van der Waals surface area contributed by atoms with Crippen LogP contribution in [0.1, 0.15) is 13.8 Å². The van der Waals surface area contributed by atoms with Crippen molar-refractivity contribution in [3.63, 3.8) is 0 Å². The first-order valence-corrected chi connectivity index (χ1v) is 5.37. The zero-order valence-corrected chi connectivity index (χ0v) is 10.1. The largest absolute Gasteiger partial charge is 0.383 e. The summed E-state index contributed by atoms with van der Waals surface area (Å²) in [5, 5.41) is 1.04. The summed E-state index contributed by atoms with van der Waals surface area (Å²) in [6.45, 7) is 7.43. The van der Waals surface area contributed by atoms with Crippen LogP contribution in [0.5, 0.6) is 0 Å². The molecule has 0 bridgehead atoms. The van der Waals surface area contributed by atoms with E-state index in [2.05, 4.69) is 41.7 Å². The molecule has 0 aromatic rings. The van der Waals surface area contributed by atoms with Crippen LogP contribution in [0.25, 0.3) is 0 Å². The van der Waals surface area contributed by atoms with Gasteiger partial charge in [0, 0.05) is 25.5 Å². The molecule has 0 aliphatic carbocycles. The predicted molar refractivity (Wildman–Crippen MR) is 56.9 cm³/mol. The Morgan fingerprint density at radius 3 is 2.42 bits per heavy atom. The number of rotatable bonds is 6. The van der Waals surface area contributed by atoms with Gasteiger partial charge >= 0.3 is 0 Å². The molecule has 0 N–H and O–H groups in total. The fourth-order valence-electron chi connectivity index (χ4n) is 1.10. The SMILES string of the molecule is COCCN(C)CC(C)(C)CBr. The van der Waals surface area contributed by atoms with Gasteiger partial charge < -0.3 is 9.64 Å². The van der Waals surface area contributed by atoms with Crippen molar-refractivity contribution in [2.45, 2.75) is 13.8 Å². The highest BCUT2D eigenvalue weighted by Gasteiger charge is 2.17. The smallest absolute Gasteiger partial charge is 0.0589 e. The molecular weight excluding hydrogens is 218 g/mol. The van der Waals surface area contributed by atoms with Crippen LogP contribution in [0.15, 0.2) is 0 Å². The molecule has 0 saturated heterocycles. The summed E-state index contributed by atoms with van der Waals surface area (Å²) in [4.78, 5) is 2.30. The summed E-state index contributed by atoms with van der Waals surface area (Å²) < 4.78 is 5.01. The molecule has 0 amide bonds. The summed E-state index contributed by atoms with van der Waals surface area (Å²) in [6, 6.07) is 0. The number of hydrogen-bond acceptors (Lipinski definition) is 2. The Kier molecular flexibility index (Phi) is 6.14. The molecule has 0 saturated carbocycles. The van der Waals surface area contributed by atoms with Crippen LogP contribution in [0.3, 0.4) is 0 Å². The van der Waals surface area contributed by atoms with Crippen molar-refractivity contribution in [2.75, 3.05) is 39.2 Å². The lowest BCUT2D eigenvalue weighted by Crippen LogP contribution is -2.34. The van der Waals surface area contributed by atoms with Crippen molar-refractivity contribution in [3.05, 3.63) is 0 Å². The molecule has 3 heteroatoms. The zero-order valence-electron chi connectivity index (χ0n) is 8.56. The molecule has 0 fully saturated rings. The highest BCUT2D eigenvalue weighted by atomic mass is 79.9. The highest BCUT2D eigenvalue weighted by Crippen LogP contribution is 2.18. The minimum Gasteiger partial charge on any atom is -0.383 e. The van der Waals surface area contributed by atoms with Crippen LogP contribution < -0.4 is 0 Å². The quantitative estimate of drug-likeness (QED) is 0.656. The molecule has 2 nitrogen and oxygen atoms in total. The molecule has 74 valence electrons. The van der Waals surface area contributed by atoms with Crippen molar-refractivity contribution >= 4 is 15.9 Å². The topological polar surface area (TPSA) is 12.5 Å². The first kappa shape index (κ1) is 12.4. The summed E-state index contributed by atoms with van der Waals surface area (Å²) in [6.07, 6.45) is 0. The van der Waals surface area contributed by atoms with Crippen molar-refractivity contribution < 1.29 is 4.74 Å². The van der Waals surface area contributed by atoms with Gasteiger partial charge in [-0.15, -0.1) is 0 Å². The molecule has 0 aliphatic rings. The number of hydrogen-bond donors (Lipinski definition) is 0. The number of alkyl halides is 1. The van der Waals surface area contributed by atoms with Gasteiger partial charge in [0.15, 0.2) is 0 Å². The van der Waals surface area contributed by atoms with E-state index in [1.165, 1.54) is 0 Å². The van der Waals surface area contributed by atoms with Gasteiger partial charge in [0.25, 0.3) is 0 Å². The first-order chi connectivity index (χ1) is 5.52. The van der Waals surface area contributed by atoms with E-state index in [-0.39, 0.29) is 0 Å². The molecule has 0 radical (unpaired) electrons. The van der Waals surface area contributed by atoms with Gasteiger partial charge in [-0.1, -0.05) is 29.8 Å². The normalized spacial score (nSPS) is 12.5. The Hall–Kier alpha value is 0.400. The minimum atomic E-state index is 0.350. The first-order valence-electron chi connectivity index (χ1n) is 4.25. The summed E-state index contributed by atoms with van der Waals surface area (Å²) in [5.74, 6) is 0. The third-order valence-electron chi connectivity index (χ3n) is 1.74. The predicted octanol–water partition coefficient (Wildman–Crippen LogP) is 1.99. The van der Waals surface area contributed by atoms with E-state index in [1.54, 1.807) is 7.11 Å². The van der Waals surface area contributed by atoms with Crippen LogP contribution in [0.2, 0.25) is 0 Å². The van der Waals surface area contributed by atoms with E-state index in [0.29, 0.717) is 5.41 Å². The van der Waals surface area contributed by atoms with Gasteiger partial charge in [-0.2, -0.15) is 0 Å². The van der Waals surface area contributed by atoms with Gasteiger partial charge in [-0.05, 0) is 12.5 Å². The van der Waals surface area contributed by atoms with Crippen LogP contribution in [-0.2, 0) is 4.74 Å². The summed E-state index contributed by atoms with van der Waals surface area (Å²) in [5.41, 5.74) is 0.350. The third-order valence-corrected chi connectivity index (χ3v) is 3.25. The van der Waals surface area contributed by atoms with Crippen molar-refractivity contribution in [3.8, 4) is 0 Å². The van der Waals surface area contributed by atoms with Crippen molar-refractivity contribution in [1.29, 1.82) is 0 Å². The van der Waals surface area contributed by atoms with E-state index in [1.807, 2.05) is 0 Å². The fourth-order valence-corrected chi connectivity index (χ4v) is 1.28. The van der Waals surface area contributed by atoms with Gasteiger partial charge in [0.2, 0.25) is 0 Å². The number of halogens is 1. The molecule has 12 heavy (non-hydrogen) atoms. The monoisotopic (exact) mass is 237 g/mol. The molecule has 0 unspecified atom stereocenters. The second-order valence-corrected chi connectivity index (χ2v) is 4.59. The maximum atomic E-state index is 5.01. The Balaban J connectivity index is 3.60. The van der Waals surface area contributed by atoms with E-state index < -0.39 is 0 Å². The average molecular weight is 238 g/mol. The molecule has 0 rings (SSSR count). The Bertz CT molecular complexity index is 117. The number of nitrogens with zero attached hydrogens (tertiary/aromatic N) is 1. The van der Waals surface area contributed by atoms with E-state index in [9.17, 15) is 0 Å². The summed E-state index contributed by atoms with van der Waals surface area (Å²) in [7, 11) is 3.87. The van der Waals surface area contributed by atoms with Gasteiger partial charge in [0.05, 0.1) is 6.61 Å². The third kappa shape index (κ3) is 5.98. The maximum absolute atomic E-state index is 5.01. The molecule has 0 aliphatic heterocycles. The standard InChI is InChI=1S/C9H20BrNO/c1-9(2,7-10)8-11(3)5-6-12-4/h5-8H2,1-4H3. The second-order valence-electron chi connectivity index (χ2n) is 4.03. The molecule has 0 spiro atoms. The van der Waals surface area contributed by atoms with Gasteiger partial charge in [-0.25, -0.2) is 0 Å².